The van der Waals surface area contributed by atoms with Gasteiger partial charge in [-0.15, -0.1) is 11.8 Å². The van der Waals surface area contributed by atoms with Gasteiger partial charge in [0.05, 0.1) is 15.8 Å². The van der Waals surface area contributed by atoms with Crippen LogP contribution < -0.4 is 0 Å². The van der Waals surface area contributed by atoms with Crippen LogP contribution in [0.2, 0.25) is 5.02 Å². The van der Waals surface area contributed by atoms with E-state index in [2.05, 4.69) is 15.9 Å². The van der Waals surface area contributed by atoms with E-state index in [0.29, 0.717) is 10.9 Å². The smallest absolute Gasteiger partial charge is 0.179 e. The average molecular weight is 372 g/mol. The molecule has 1 atom stereocenters. The zero-order chi connectivity index (χ0) is 14.3. The molecule has 0 fully saturated rings. The van der Waals surface area contributed by atoms with Gasteiger partial charge in [-0.05, 0) is 46.1 Å². The third kappa shape index (κ3) is 2.41. The molecule has 0 amide bonds. The van der Waals surface area contributed by atoms with Gasteiger partial charge in [-0.1, -0.05) is 29.8 Å². The van der Waals surface area contributed by atoms with E-state index in [4.69, 9.17) is 11.6 Å². The Kier molecular flexibility index (Phi) is 3.89. The first-order valence-corrected chi connectivity index (χ1v) is 8.05. The topological polar surface area (TPSA) is 17.1 Å². The van der Waals surface area contributed by atoms with Crippen molar-refractivity contribution in [3.63, 3.8) is 0 Å². The van der Waals surface area contributed by atoms with Crippen molar-refractivity contribution in [2.45, 2.75) is 16.6 Å². The van der Waals surface area contributed by atoms with E-state index in [1.807, 2.05) is 24.3 Å². The maximum atomic E-state index is 14.1. The SMILES string of the molecule is O=C(c1ccc(Br)c(Cl)c1F)C1Cc2ccccc2S1. The summed E-state index contributed by atoms with van der Waals surface area (Å²) in [4.78, 5) is 13.6. The van der Waals surface area contributed by atoms with Crippen LogP contribution in [0.1, 0.15) is 15.9 Å². The summed E-state index contributed by atoms with van der Waals surface area (Å²) in [5.74, 6) is -0.860. The number of carbonyl (C=O) groups excluding carboxylic acids is 1. The lowest BCUT2D eigenvalue weighted by atomic mass is 10.0. The lowest BCUT2D eigenvalue weighted by Crippen LogP contribution is -2.18. The van der Waals surface area contributed by atoms with Crippen LogP contribution in [0.3, 0.4) is 0 Å². The summed E-state index contributed by atoms with van der Waals surface area (Å²) in [5.41, 5.74) is 1.20. The summed E-state index contributed by atoms with van der Waals surface area (Å²) in [6.45, 7) is 0. The molecule has 0 spiro atoms. The van der Waals surface area contributed by atoms with E-state index in [9.17, 15) is 9.18 Å². The largest absolute Gasteiger partial charge is 0.293 e. The maximum absolute atomic E-state index is 14.1. The number of ketones is 1. The molecule has 0 saturated heterocycles. The Morgan fingerprint density at radius 2 is 2.05 bits per heavy atom. The fourth-order valence-electron chi connectivity index (χ4n) is 2.22. The molecule has 102 valence electrons. The molecule has 1 aliphatic rings. The first kappa shape index (κ1) is 14.1. The molecule has 1 unspecified atom stereocenters. The van der Waals surface area contributed by atoms with Crippen molar-refractivity contribution in [3.05, 3.63) is 62.8 Å². The van der Waals surface area contributed by atoms with E-state index in [1.54, 1.807) is 6.07 Å². The highest BCUT2D eigenvalue weighted by Crippen LogP contribution is 2.39. The lowest BCUT2D eigenvalue weighted by molar-refractivity contribution is 0.0986. The Morgan fingerprint density at radius 3 is 2.80 bits per heavy atom. The number of benzene rings is 2. The fourth-order valence-corrected chi connectivity index (χ4v) is 3.95. The van der Waals surface area contributed by atoms with E-state index in [1.165, 1.54) is 17.8 Å². The van der Waals surface area contributed by atoms with Crippen molar-refractivity contribution in [1.29, 1.82) is 0 Å². The van der Waals surface area contributed by atoms with Crippen LogP contribution in [0.4, 0.5) is 4.39 Å². The second-order valence-electron chi connectivity index (χ2n) is 4.51. The molecule has 0 bridgehead atoms. The number of Topliss-reactive ketones (excluding diaryl/α,β-unsaturated/α-hetero) is 1. The van der Waals surface area contributed by atoms with Gasteiger partial charge in [0.2, 0.25) is 0 Å². The maximum Gasteiger partial charge on any atom is 0.179 e. The van der Waals surface area contributed by atoms with Crippen LogP contribution >= 0.6 is 39.3 Å². The Bertz CT molecular complexity index is 679. The highest BCUT2D eigenvalue weighted by atomic mass is 79.9. The first-order chi connectivity index (χ1) is 9.58. The van der Waals surface area contributed by atoms with Crippen molar-refractivity contribution < 1.29 is 9.18 Å². The molecule has 0 aromatic heterocycles. The van der Waals surface area contributed by atoms with Gasteiger partial charge < -0.3 is 0 Å². The number of hydrogen-bond donors (Lipinski definition) is 0. The Morgan fingerprint density at radius 1 is 1.30 bits per heavy atom. The summed E-state index contributed by atoms with van der Waals surface area (Å²) >= 11 is 10.5. The van der Waals surface area contributed by atoms with Gasteiger partial charge in [0.25, 0.3) is 0 Å². The van der Waals surface area contributed by atoms with E-state index >= 15 is 0 Å². The number of halogens is 3. The van der Waals surface area contributed by atoms with Gasteiger partial charge >= 0.3 is 0 Å². The molecule has 5 heteroatoms. The second kappa shape index (κ2) is 5.51. The molecule has 0 saturated carbocycles. The lowest BCUT2D eigenvalue weighted by Gasteiger charge is -2.10. The van der Waals surface area contributed by atoms with Gasteiger partial charge in [0, 0.05) is 9.37 Å². The van der Waals surface area contributed by atoms with Gasteiger partial charge in [-0.25, -0.2) is 4.39 Å². The summed E-state index contributed by atoms with van der Waals surface area (Å²) in [7, 11) is 0. The molecular formula is C15H9BrClFOS. The molecule has 3 rings (SSSR count). The van der Waals surface area contributed by atoms with Gasteiger partial charge in [0.1, 0.15) is 0 Å². The molecule has 1 nitrogen and oxygen atoms in total. The van der Waals surface area contributed by atoms with Gasteiger partial charge in [-0.3, -0.25) is 4.79 Å². The number of carbonyl (C=O) groups is 1. The minimum Gasteiger partial charge on any atom is -0.293 e. The van der Waals surface area contributed by atoms with Crippen LogP contribution in [0.25, 0.3) is 0 Å². The molecule has 0 aliphatic carbocycles. The molecule has 20 heavy (non-hydrogen) atoms. The van der Waals surface area contributed by atoms with Crippen LogP contribution in [0, 0.1) is 5.82 Å². The first-order valence-electron chi connectivity index (χ1n) is 6.00. The predicted octanol–water partition coefficient (Wildman–Crippen LogP) is 5.14. The molecular weight excluding hydrogens is 363 g/mol. The summed E-state index contributed by atoms with van der Waals surface area (Å²) in [6.07, 6.45) is 0.632. The number of hydrogen-bond acceptors (Lipinski definition) is 2. The molecule has 0 N–H and O–H groups in total. The Labute approximate surface area is 133 Å². The molecule has 1 heterocycles. The highest BCUT2D eigenvalue weighted by molar-refractivity contribution is 9.10. The molecule has 0 radical (unpaired) electrons. The number of fused-ring (bicyclic) bond motifs is 1. The van der Waals surface area contributed by atoms with Crippen LogP contribution in [0.15, 0.2) is 45.8 Å². The number of rotatable bonds is 2. The summed E-state index contributed by atoms with van der Waals surface area (Å²) < 4.78 is 14.6. The highest BCUT2D eigenvalue weighted by Gasteiger charge is 2.30. The van der Waals surface area contributed by atoms with E-state index in [0.717, 1.165) is 10.5 Å². The van der Waals surface area contributed by atoms with Gasteiger partial charge in [-0.2, -0.15) is 0 Å². The zero-order valence-electron chi connectivity index (χ0n) is 10.2. The van der Waals surface area contributed by atoms with Crippen LogP contribution in [0.5, 0.6) is 0 Å². The Balaban J connectivity index is 1.91. The minimum absolute atomic E-state index is 0.0450. The number of thioether (sulfide) groups is 1. The second-order valence-corrected chi connectivity index (χ2v) is 6.98. The third-order valence-electron chi connectivity index (χ3n) is 3.24. The standard InChI is InChI=1S/C15H9BrClFOS/c16-10-6-5-9(14(18)13(10)17)15(19)12-7-8-3-1-2-4-11(8)20-12/h1-6,12H,7H2. The minimum atomic E-state index is -0.650. The van der Waals surface area contributed by atoms with Crippen molar-refractivity contribution in [2.24, 2.45) is 0 Å². The average Bonchev–Trinajstić information content (AvgIpc) is 2.88. The predicted molar refractivity (Wildman–Crippen MR) is 83.2 cm³/mol. The van der Waals surface area contributed by atoms with E-state index in [-0.39, 0.29) is 21.6 Å². The van der Waals surface area contributed by atoms with Crippen molar-refractivity contribution in [1.82, 2.24) is 0 Å². The summed E-state index contributed by atoms with van der Waals surface area (Å²) in [5, 5.41) is -0.324. The zero-order valence-corrected chi connectivity index (χ0v) is 13.4. The van der Waals surface area contributed by atoms with E-state index < -0.39 is 5.82 Å². The van der Waals surface area contributed by atoms with Gasteiger partial charge in [0.15, 0.2) is 11.6 Å². The molecule has 2 aromatic carbocycles. The quantitative estimate of drug-likeness (QED) is 0.537. The van der Waals surface area contributed by atoms with Crippen LogP contribution in [-0.2, 0) is 6.42 Å². The third-order valence-corrected chi connectivity index (χ3v) is 5.82. The Hall–Kier alpha value is -0.840. The normalized spacial score (nSPS) is 17.1. The fraction of sp³-hybridized carbons (Fsp3) is 0.133. The van der Waals surface area contributed by atoms with Crippen molar-refractivity contribution in [2.75, 3.05) is 0 Å². The monoisotopic (exact) mass is 370 g/mol. The van der Waals surface area contributed by atoms with Crippen molar-refractivity contribution >= 4 is 45.1 Å². The van der Waals surface area contributed by atoms with Crippen LogP contribution in [-0.4, -0.2) is 11.0 Å². The molecule has 2 aromatic rings. The van der Waals surface area contributed by atoms with Crippen molar-refractivity contribution in [3.8, 4) is 0 Å². The summed E-state index contributed by atoms with van der Waals surface area (Å²) in [6, 6.07) is 11.0. The molecule has 1 aliphatic heterocycles.